The second kappa shape index (κ2) is 4.68. The Kier molecular flexibility index (Phi) is 2.59. The molecule has 3 heterocycles. The van der Waals surface area contributed by atoms with Crippen molar-refractivity contribution in [2.75, 3.05) is 0 Å². The first-order valence-electron chi connectivity index (χ1n) is 7.87. The average molecular weight is 315 g/mol. The molecule has 24 heavy (non-hydrogen) atoms. The van der Waals surface area contributed by atoms with E-state index in [-0.39, 0.29) is 0 Å². The Balaban J connectivity index is 1.85. The van der Waals surface area contributed by atoms with E-state index in [1.165, 1.54) is 5.56 Å². The van der Waals surface area contributed by atoms with Crippen LogP contribution in [0.5, 0.6) is 0 Å². The first-order valence-corrected chi connectivity index (χ1v) is 7.87. The molecule has 4 heteroatoms. The van der Waals surface area contributed by atoms with Crippen LogP contribution in [-0.2, 0) is 7.05 Å². The molecule has 5 rings (SSSR count). The van der Waals surface area contributed by atoms with Gasteiger partial charge in [0.05, 0.1) is 17.8 Å². The molecular formula is C20H15N2O2+. The molecule has 0 saturated carbocycles. The smallest absolute Gasteiger partial charge is 0.286 e. The number of benzene rings is 2. The molecule has 0 saturated heterocycles. The van der Waals surface area contributed by atoms with Crippen LogP contribution in [0.2, 0.25) is 0 Å². The van der Waals surface area contributed by atoms with Gasteiger partial charge >= 0.3 is 0 Å². The van der Waals surface area contributed by atoms with Crippen LogP contribution in [0, 0.1) is 6.92 Å². The normalized spacial score (nSPS) is 11.8. The molecule has 2 aromatic carbocycles. The predicted molar refractivity (Wildman–Crippen MR) is 92.6 cm³/mol. The lowest BCUT2D eigenvalue weighted by atomic mass is 10.0. The number of hydrogen-bond donors (Lipinski definition) is 0. The molecule has 4 nitrogen and oxygen atoms in total. The maximum Gasteiger partial charge on any atom is 0.286 e. The van der Waals surface area contributed by atoms with Gasteiger partial charge in [-0.25, -0.2) is 4.57 Å². The van der Waals surface area contributed by atoms with E-state index < -0.39 is 0 Å². The van der Waals surface area contributed by atoms with Crippen LogP contribution in [0.4, 0.5) is 0 Å². The van der Waals surface area contributed by atoms with Crippen LogP contribution in [0.25, 0.3) is 44.4 Å². The number of hydrogen-bond acceptors (Lipinski definition) is 3. The van der Waals surface area contributed by atoms with Crippen molar-refractivity contribution in [3.05, 3.63) is 60.6 Å². The third-order valence-corrected chi connectivity index (χ3v) is 4.55. The third-order valence-electron chi connectivity index (χ3n) is 4.55. The number of aryl methyl sites for hydroxylation is 2. The van der Waals surface area contributed by atoms with E-state index in [2.05, 4.69) is 24.0 Å². The molecule has 0 bridgehead atoms. The summed E-state index contributed by atoms with van der Waals surface area (Å²) in [5.41, 5.74) is 6.74. The van der Waals surface area contributed by atoms with Crippen molar-refractivity contribution in [1.82, 2.24) is 4.98 Å². The fraction of sp³-hybridized carbons (Fsp3) is 0.100. The number of aromatic nitrogens is 2. The van der Waals surface area contributed by atoms with E-state index >= 15 is 0 Å². The van der Waals surface area contributed by atoms with Crippen LogP contribution < -0.4 is 4.57 Å². The lowest BCUT2D eigenvalue weighted by Crippen LogP contribution is -2.31. The monoisotopic (exact) mass is 315 g/mol. The summed E-state index contributed by atoms with van der Waals surface area (Å²) < 4.78 is 14.2. The highest BCUT2D eigenvalue weighted by Crippen LogP contribution is 2.38. The van der Waals surface area contributed by atoms with Gasteiger partial charge in [-0.05, 0) is 36.8 Å². The molecule has 0 fully saturated rings. The summed E-state index contributed by atoms with van der Waals surface area (Å²) in [4.78, 5) is 4.15. The number of para-hydroxylation sites is 1. The number of rotatable bonds is 1. The molecule has 116 valence electrons. The average Bonchev–Trinajstić information content (AvgIpc) is 3.11. The minimum Gasteiger partial charge on any atom is -0.452 e. The van der Waals surface area contributed by atoms with Crippen LogP contribution in [0.15, 0.2) is 63.8 Å². The van der Waals surface area contributed by atoms with Crippen molar-refractivity contribution in [2.24, 2.45) is 7.05 Å². The van der Waals surface area contributed by atoms with Crippen molar-refractivity contribution in [1.29, 1.82) is 0 Å². The standard InChI is InChI=1S/C20H15N2O2/c1-12-9-15-18(10-14(12)16-7-8-21-11-22(16)2)24-19-13-5-3-4-6-17(13)23-20(15)19/h3-11H,1-2H3/q+1. The van der Waals surface area contributed by atoms with Gasteiger partial charge in [0.15, 0.2) is 11.2 Å². The Morgan fingerprint density at radius 3 is 2.58 bits per heavy atom. The SMILES string of the molecule is Cc1cc2c(cc1-c1ccnc[n+]1C)oc1c3ccccc3oc21. The van der Waals surface area contributed by atoms with E-state index in [9.17, 15) is 0 Å². The van der Waals surface area contributed by atoms with Crippen molar-refractivity contribution in [3.63, 3.8) is 0 Å². The van der Waals surface area contributed by atoms with E-state index in [0.717, 1.165) is 44.4 Å². The largest absolute Gasteiger partial charge is 0.452 e. The molecule has 5 aromatic rings. The highest BCUT2D eigenvalue weighted by atomic mass is 16.4. The summed E-state index contributed by atoms with van der Waals surface area (Å²) in [6, 6.07) is 14.2. The van der Waals surface area contributed by atoms with Gasteiger partial charge in [0.2, 0.25) is 0 Å². The molecule has 0 aliphatic rings. The van der Waals surface area contributed by atoms with Crippen LogP contribution >= 0.6 is 0 Å². The lowest BCUT2D eigenvalue weighted by Gasteiger charge is -2.05. The van der Waals surface area contributed by atoms with E-state index in [0.29, 0.717) is 0 Å². The fourth-order valence-corrected chi connectivity index (χ4v) is 3.35. The Labute approximate surface area is 138 Å². The zero-order valence-corrected chi connectivity index (χ0v) is 13.4. The van der Waals surface area contributed by atoms with Crippen LogP contribution in [0.3, 0.4) is 0 Å². The molecular weight excluding hydrogens is 300 g/mol. The third kappa shape index (κ3) is 1.74. The Morgan fingerprint density at radius 1 is 0.917 bits per heavy atom. The summed E-state index contributed by atoms with van der Waals surface area (Å²) >= 11 is 0. The van der Waals surface area contributed by atoms with Gasteiger partial charge in [-0.2, -0.15) is 0 Å². The first kappa shape index (κ1) is 13.3. The molecule has 0 atom stereocenters. The molecule has 3 aromatic heterocycles. The highest BCUT2D eigenvalue weighted by Gasteiger charge is 2.18. The Bertz CT molecular complexity index is 1230. The Hall–Kier alpha value is -3.14. The molecule has 0 unspecified atom stereocenters. The predicted octanol–water partition coefficient (Wildman–Crippen LogP) is 4.53. The highest BCUT2D eigenvalue weighted by molar-refractivity contribution is 6.13. The van der Waals surface area contributed by atoms with Crippen LogP contribution in [0.1, 0.15) is 5.56 Å². The zero-order valence-electron chi connectivity index (χ0n) is 13.4. The number of nitrogens with zero attached hydrogens (tertiary/aromatic N) is 2. The molecule has 0 radical (unpaired) electrons. The minimum absolute atomic E-state index is 0.816. The van der Waals surface area contributed by atoms with E-state index in [1.807, 2.05) is 41.9 Å². The van der Waals surface area contributed by atoms with E-state index in [1.54, 1.807) is 12.5 Å². The molecule has 0 aliphatic heterocycles. The summed E-state index contributed by atoms with van der Waals surface area (Å²) in [6.07, 6.45) is 3.61. The molecule has 0 N–H and O–H groups in total. The molecule has 0 spiro atoms. The quantitative estimate of drug-likeness (QED) is 0.427. The zero-order chi connectivity index (χ0) is 16.3. The number of fused-ring (bicyclic) bond motifs is 5. The van der Waals surface area contributed by atoms with Crippen molar-refractivity contribution >= 4 is 33.1 Å². The van der Waals surface area contributed by atoms with Gasteiger partial charge in [0.25, 0.3) is 6.33 Å². The van der Waals surface area contributed by atoms with Gasteiger partial charge in [0, 0.05) is 11.6 Å². The first-order chi connectivity index (χ1) is 11.7. The minimum atomic E-state index is 0.816. The van der Waals surface area contributed by atoms with Crippen molar-refractivity contribution in [3.8, 4) is 11.3 Å². The molecule has 0 amide bonds. The second-order valence-electron chi connectivity index (χ2n) is 6.10. The van der Waals surface area contributed by atoms with Crippen molar-refractivity contribution in [2.45, 2.75) is 6.92 Å². The van der Waals surface area contributed by atoms with Gasteiger partial charge in [-0.3, -0.25) is 0 Å². The number of furan rings is 2. The van der Waals surface area contributed by atoms with Gasteiger partial charge in [0.1, 0.15) is 23.1 Å². The summed E-state index contributed by atoms with van der Waals surface area (Å²) in [6.45, 7) is 2.11. The topological polar surface area (TPSA) is 43.0 Å². The summed E-state index contributed by atoms with van der Waals surface area (Å²) in [7, 11) is 1.99. The maximum absolute atomic E-state index is 6.14. The summed E-state index contributed by atoms with van der Waals surface area (Å²) in [5.74, 6) is 0. The lowest BCUT2D eigenvalue weighted by molar-refractivity contribution is -0.663. The van der Waals surface area contributed by atoms with Crippen molar-refractivity contribution < 1.29 is 13.4 Å². The summed E-state index contributed by atoms with van der Waals surface area (Å²) in [5, 5.41) is 2.02. The fourth-order valence-electron chi connectivity index (χ4n) is 3.35. The Morgan fingerprint density at radius 2 is 1.71 bits per heavy atom. The van der Waals surface area contributed by atoms with Gasteiger partial charge in [-0.15, -0.1) is 0 Å². The molecule has 0 aliphatic carbocycles. The second-order valence-corrected chi connectivity index (χ2v) is 6.10. The maximum atomic E-state index is 6.14. The van der Waals surface area contributed by atoms with Gasteiger partial charge < -0.3 is 8.83 Å². The van der Waals surface area contributed by atoms with E-state index in [4.69, 9.17) is 8.83 Å². The van der Waals surface area contributed by atoms with Crippen LogP contribution in [-0.4, -0.2) is 4.98 Å². The van der Waals surface area contributed by atoms with Gasteiger partial charge in [-0.1, -0.05) is 17.1 Å².